The smallest absolute Gasteiger partial charge is 0.295 e. The summed E-state index contributed by atoms with van der Waals surface area (Å²) in [7, 11) is 0. The second-order valence-corrected chi connectivity index (χ2v) is 7.43. The van der Waals surface area contributed by atoms with E-state index in [9.17, 15) is 31.1 Å². The Labute approximate surface area is 155 Å². The van der Waals surface area contributed by atoms with Crippen molar-refractivity contribution in [1.29, 1.82) is 0 Å². The quantitative estimate of drug-likeness (QED) is 0.581. The van der Waals surface area contributed by atoms with Crippen LogP contribution in [-0.2, 0) is 17.1 Å². The van der Waals surface area contributed by atoms with Crippen LogP contribution in [0.3, 0.4) is 0 Å². The zero-order valence-corrected chi connectivity index (χ0v) is 14.6. The van der Waals surface area contributed by atoms with Gasteiger partial charge in [0, 0.05) is 5.69 Å². The van der Waals surface area contributed by atoms with E-state index in [-0.39, 0.29) is 11.6 Å². The molecule has 2 nitrogen and oxygen atoms in total. The molecular formula is C18H13F6NOS. The lowest BCUT2D eigenvalue weighted by molar-refractivity contribution is -0.138. The molecule has 0 aliphatic carbocycles. The van der Waals surface area contributed by atoms with Crippen LogP contribution in [0.1, 0.15) is 29.0 Å². The molecule has 2 aromatic carbocycles. The van der Waals surface area contributed by atoms with Gasteiger partial charge in [-0.2, -0.15) is 26.3 Å². The van der Waals surface area contributed by atoms with Crippen molar-refractivity contribution in [3.63, 3.8) is 0 Å². The Balaban J connectivity index is 1.94. The molecular weight excluding hydrogens is 392 g/mol. The predicted octanol–water partition coefficient (Wildman–Crippen LogP) is 5.89. The van der Waals surface area contributed by atoms with Crippen LogP contribution in [0.2, 0.25) is 0 Å². The number of benzene rings is 2. The van der Waals surface area contributed by atoms with Gasteiger partial charge < -0.3 is 0 Å². The van der Waals surface area contributed by atoms with Gasteiger partial charge in [-0.3, -0.25) is 9.69 Å². The van der Waals surface area contributed by atoms with E-state index >= 15 is 0 Å². The van der Waals surface area contributed by atoms with E-state index in [1.165, 1.54) is 40.9 Å². The molecule has 0 aromatic heterocycles. The maximum absolute atomic E-state index is 12.7. The van der Waals surface area contributed by atoms with E-state index in [4.69, 9.17) is 0 Å². The van der Waals surface area contributed by atoms with E-state index in [1.807, 2.05) is 0 Å². The largest absolute Gasteiger partial charge is 0.416 e. The van der Waals surface area contributed by atoms with Gasteiger partial charge in [-0.25, -0.2) is 0 Å². The minimum absolute atomic E-state index is 0.259. The number of alkyl halides is 6. The molecule has 27 heavy (non-hydrogen) atoms. The molecule has 1 saturated heterocycles. The van der Waals surface area contributed by atoms with Gasteiger partial charge in [-0.15, -0.1) is 11.8 Å². The summed E-state index contributed by atoms with van der Waals surface area (Å²) in [6.45, 7) is 1.65. The summed E-state index contributed by atoms with van der Waals surface area (Å²) in [4.78, 5) is 13.8. The normalized spacial score (nSPS) is 21.0. The topological polar surface area (TPSA) is 20.3 Å². The highest BCUT2D eigenvalue weighted by atomic mass is 32.2. The van der Waals surface area contributed by atoms with Gasteiger partial charge in [-0.1, -0.05) is 12.1 Å². The highest BCUT2D eigenvalue weighted by molar-refractivity contribution is 8.01. The second-order valence-electron chi connectivity index (χ2n) is 6.00. The molecule has 0 N–H and O–H groups in total. The molecule has 0 radical (unpaired) electrons. The van der Waals surface area contributed by atoms with Crippen molar-refractivity contribution in [2.75, 3.05) is 4.90 Å². The molecule has 0 saturated carbocycles. The van der Waals surface area contributed by atoms with Crippen molar-refractivity contribution in [3.05, 3.63) is 65.2 Å². The molecule has 2 aromatic rings. The van der Waals surface area contributed by atoms with Crippen molar-refractivity contribution < 1.29 is 31.1 Å². The van der Waals surface area contributed by atoms with Crippen LogP contribution in [-0.4, -0.2) is 11.2 Å². The summed E-state index contributed by atoms with van der Waals surface area (Å²) < 4.78 is 76.4. The Bertz CT molecular complexity index is 829. The van der Waals surface area contributed by atoms with E-state index in [0.717, 1.165) is 24.3 Å². The number of rotatable bonds is 2. The van der Waals surface area contributed by atoms with Gasteiger partial charge in [0.15, 0.2) is 0 Å². The average Bonchev–Trinajstić information content (AvgIpc) is 2.89. The van der Waals surface area contributed by atoms with Crippen LogP contribution in [0.25, 0.3) is 0 Å². The summed E-state index contributed by atoms with van der Waals surface area (Å²) in [6.07, 6.45) is -8.97. The van der Waals surface area contributed by atoms with Gasteiger partial charge in [0.05, 0.1) is 16.4 Å². The van der Waals surface area contributed by atoms with Crippen molar-refractivity contribution >= 4 is 23.4 Å². The highest BCUT2D eigenvalue weighted by Crippen LogP contribution is 2.46. The Morgan fingerprint density at radius 2 is 1.26 bits per heavy atom. The molecule has 9 heteroatoms. The molecule has 2 atom stereocenters. The molecule has 1 fully saturated rings. The lowest BCUT2D eigenvalue weighted by Gasteiger charge is -2.25. The maximum Gasteiger partial charge on any atom is 0.416 e. The third-order valence-electron chi connectivity index (χ3n) is 4.15. The number of hydrogen-bond donors (Lipinski definition) is 0. The fourth-order valence-electron chi connectivity index (χ4n) is 2.76. The SMILES string of the molecule is C[C@@H]1S[C@@H](c2ccc(C(F)(F)F)cc2)N(c2ccc(C(F)(F)F)cc2)C1=O. The lowest BCUT2D eigenvalue weighted by atomic mass is 10.1. The summed E-state index contributed by atoms with van der Waals surface area (Å²) in [5.74, 6) is -0.315. The molecule has 0 bridgehead atoms. The molecule has 0 spiro atoms. The monoisotopic (exact) mass is 405 g/mol. The Morgan fingerprint density at radius 3 is 1.70 bits per heavy atom. The number of anilines is 1. The third kappa shape index (κ3) is 3.92. The minimum Gasteiger partial charge on any atom is -0.295 e. The number of halogens is 6. The molecule has 1 aliphatic rings. The number of amides is 1. The van der Waals surface area contributed by atoms with Gasteiger partial charge in [0.25, 0.3) is 0 Å². The third-order valence-corrected chi connectivity index (χ3v) is 5.50. The van der Waals surface area contributed by atoms with E-state index in [1.54, 1.807) is 6.92 Å². The van der Waals surface area contributed by atoms with Crippen LogP contribution in [0.5, 0.6) is 0 Å². The van der Waals surface area contributed by atoms with Gasteiger partial charge >= 0.3 is 12.4 Å². The molecule has 1 aliphatic heterocycles. The predicted molar refractivity (Wildman–Crippen MR) is 90.2 cm³/mol. The number of nitrogens with zero attached hydrogens (tertiary/aromatic N) is 1. The van der Waals surface area contributed by atoms with Gasteiger partial charge in [0.2, 0.25) is 5.91 Å². The number of carbonyl (C=O) groups excluding carboxylic acids is 1. The summed E-state index contributed by atoms with van der Waals surface area (Å²) in [5, 5.41) is -1.09. The second kappa shape index (κ2) is 6.78. The van der Waals surface area contributed by atoms with Crippen LogP contribution in [0, 0.1) is 0 Å². The van der Waals surface area contributed by atoms with Gasteiger partial charge in [0.1, 0.15) is 5.37 Å². The summed E-state index contributed by atoms with van der Waals surface area (Å²) >= 11 is 1.23. The number of thioether (sulfide) groups is 1. The van der Waals surface area contributed by atoms with Crippen LogP contribution in [0.15, 0.2) is 48.5 Å². The maximum atomic E-state index is 12.7. The fourth-order valence-corrected chi connectivity index (χ4v) is 4.04. The van der Waals surface area contributed by atoms with Crippen molar-refractivity contribution in [3.8, 4) is 0 Å². The Kier molecular flexibility index (Phi) is 4.92. The number of carbonyl (C=O) groups is 1. The van der Waals surface area contributed by atoms with E-state index < -0.39 is 34.1 Å². The Hall–Kier alpha value is -2.16. The number of hydrogen-bond acceptors (Lipinski definition) is 2. The first kappa shape index (κ1) is 19.6. The first-order valence-corrected chi connectivity index (χ1v) is 8.76. The van der Waals surface area contributed by atoms with E-state index in [0.29, 0.717) is 5.56 Å². The average molecular weight is 405 g/mol. The fraction of sp³-hybridized carbons (Fsp3) is 0.278. The van der Waals surface area contributed by atoms with Crippen molar-refractivity contribution in [2.24, 2.45) is 0 Å². The van der Waals surface area contributed by atoms with Crippen LogP contribution in [0.4, 0.5) is 32.0 Å². The zero-order valence-electron chi connectivity index (χ0n) is 13.8. The molecule has 1 amide bonds. The molecule has 0 unspecified atom stereocenters. The first-order chi connectivity index (χ1) is 12.5. The minimum atomic E-state index is -4.50. The highest BCUT2D eigenvalue weighted by Gasteiger charge is 2.40. The zero-order chi connectivity index (χ0) is 20.0. The molecule has 144 valence electrons. The van der Waals surface area contributed by atoms with E-state index in [2.05, 4.69) is 0 Å². The van der Waals surface area contributed by atoms with Crippen LogP contribution < -0.4 is 4.90 Å². The summed E-state index contributed by atoms with van der Waals surface area (Å²) in [6, 6.07) is 8.54. The molecule has 1 heterocycles. The van der Waals surface area contributed by atoms with Crippen molar-refractivity contribution in [2.45, 2.75) is 29.9 Å². The standard InChI is InChI=1S/C18H13F6NOS/c1-10-15(26)25(14-8-6-13(7-9-14)18(22,23)24)16(27-10)11-2-4-12(5-3-11)17(19,20)21/h2-10,16H,1H3/t10-,16-/m0/s1. The van der Waals surface area contributed by atoms with Gasteiger partial charge in [-0.05, 0) is 48.9 Å². The van der Waals surface area contributed by atoms with Crippen LogP contribution >= 0.6 is 11.8 Å². The molecule has 3 rings (SSSR count). The first-order valence-electron chi connectivity index (χ1n) is 7.81. The van der Waals surface area contributed by atoms with Crippen molar-refractivity contribution in [1.82, 2.24) is 0 Å². The Morgan fingerprint density at radius 1 is 0.815 bits per heavy atom. The summed E-state index contributed by atoms with van der Waals surface area (Å²) in [5.41, 5.74) is -0.931. The lowest BCUT2D eigenvalue weighted by Crippen LogP contribution is -2.30.